The fourth-order valence-corrected chi connectivity index (χ4v) is 3.98. The van der Waals surface area contributed by atoms with Crippen molar-refractivity contribution in [3.8, 4) is 11.4 Å². The Morgan fingerprint density at radius 1 is 1.07 bits per heavy atom. The van der Waals surface area contributed by atoms with Gasteiger partial charge in [0.1, 0.15) is 6.54 Å². The Morgan fingerprint density at radius 3 is 2.60 bits per heavy atom. The minimum Gasteiger partial charge on any atom is -0.325 e. The molecule has 0 spiro atoms. The number of hydrogen-bond acceptors (Lipinski definition) is 4. The van der Waals surface area contributed by atoms with Gasteiger partial charge in [0.05, 0.1) is 0 Å². The summed E-state index contributed by atoms with van der Waals surface area (Å²) in [5.41, 5.74) is 4.19. The maximum Gasteiger partial charge on any atom is 0.279 e. The second-order valence-electron chi connectivity index (χ2n) is 7.60. The van der Waals surface area contributed by atoms with E-state index >= 15 is 0 Å². The number of fused-ring (bicyclic) bond motifs is 2. The Labute approximate surface area is 173 Å². The number of amides is 1. The van der Waals surface area contributed by atoms with E-state index in [1.807, 2.05) is 66.1 Å². The number of rotatable bonds is 4. The molecule has 7 heteroatoms. The van der Waals surface area contributed by atoms with E-state index in [2.05, 4.69) is 15.4 Å². The highest BCUT2D eigenvalue weighted by atomic mass is 16.2. The summed E-state index contributed by atoms with van der Waals surface area (Å²) in [6.45, 7) is 2.09. The van der Waals surface area contributed by atoms with E-state index in [1.54, 1.807) is 0 Å². The minimum atomic E-state index is -0.166. The van der Waals surface area contributed by atoms with Gasteiger partial charge in [0.25, 0.3) is 5.56 Å². The Kier molecular flexibility index (Phi) is 4.43. The molecule has 2 aromatic carbocycles. The summed E-state index contributed by atoms with van der Waals surface area (Å²) in [5, 5.41) is 7.39. The van der Waals surface area contributed by atoms with Crippen LogP contribution in [0.3, 0.4) is 0 Å². The first kappa shape index (κ1) is 18.3. The Balaban J connectivity index is 1.59. The van der Waals surface area contributed by atoms with E-state index in [4.69, 9.17) is 0 Å². The molecule has 1 N–H and O–H groups in total. The lowest BCUT2D eigenvalue weighted by Crippen LogP contribution is -2.28. The highest BCUT2D eigenvalue weighted by Crippen LogP contribution is 2.23. The van der Waals surface area contributed by atoms with Crippen LogP contribution in [-0.2, 0) is 24.2 Å². The fraction of sp³-hybridized carbons (Fsp3) is 0.217. The molecule has 2 aromatic heterocycles. The van der Waals surface area contributed by atoms with Crippen LogP contribution < -0.4 is 10.9 Å². The predicted molar refractivity (Wildman–Crippen MR) is 115 cm³/mol. The third kappa shape index (κ3) is 3.18. The van der Waals surface area contributed by atoms with Crippen LogP contribution in [0.25, 0.3) is 17.2 Å². The summed E-state index contributed by atoms with van der Waals surface area (Å²) in [6, 6.07) is 17.2. The molecular formula is C23H21N5O2. The second kappa shape index (κ2) is 7.26. The number of anilines is 1. The highest BCUT2D eigenvalue weighted by molar-refractivity contribution is 5.90. The number of aromatic nitrogens is 4. The molecule has 2 heterocycles. The highest BCUT2D eigenvalue weighted by Gasteiger charge is 2.25. The van der Waals surface area contributed by atoms with Crippen molar-refractivity contribution < 1.29 is 4.79 Å². The van der Waals surface area contributed by atoms with Gasteiger partial charge in [-0.05, 0) is 38.3 Å². The molecule has 7 nitrogen and oxygen atoms in total. The number of carbonyl (C=O) groups excluding carboxylic acids is 1. The largest absolute Gasteiger partial charge is 0.325 e. The molecule has 0 saturated heterocycles. The zero-order valence-corrected chi connectivity index (χ0v) is 16.6. The summed E-state index contributed by atoms with van der Waals surface area (Å²) in [7, 11) is 0. The van der Waals surface area contributed by atoms with Crippen molar-refractivity contribution in [1.82, 2.24) is 19.2 Å². The Bertz CT molecular complexity index is 1300. The molecule has 30 heavy (non-hydrogen) atoms. The van der Waals surface area contributed by atoms with Crippen molar-refractivity contribution >= 4 is 17.4 Å². The van der Waals surface area contributed by atoms with E-state index in [9.17, 15) is 9.59 Å². The average Bonchev–Trinajstić information content (AvgIpc) is 3.41. The molecule has 0 atom stereocenters. The van der Waals surface area contributed by atoms with Gasteiger partial charge in [-0.15, -0.1) is 5.10 Å². The molecule has 1 aliphatic rings. The van der Waals surface area contributed by atoms with E-state index < -0.39 is 0 Å². The number of nitrogens with one attached hydrogen (secondary N) is 1. The Morgan fingerprint density at radius 2 is 1.83 bits per heavy atom. The number of para-hydroxylation sites is 1. The predicted octanol–water partition coefficient (Wildman–Crippen LogP) is 2.99. The fourth-order valence-electron chi connectivity index (χ4n) is 3.98. The standard InChI is InChI=1S/C23H21N5O2/c1-15-10-12-16(13-11-15)21-25-23-27(14-20(29)24-17-6-3-2-4-7-17)19-9-5-8-18(19)22(30)28(23)26-21/h2-4,6-7,10-13H,5,8-9,14H2,1H3,(H,24,29). The SMILES string of the molecule is Cc1ccc(-c2nc3n(CC(=O)Nc4ccccc4)c4c(c(=O)n3n2)CCC4)cc1. The van der Waals surface area contributed by atoms with Gasteiger partial charge in [0.15, 0.2) is 5.82 Å². The normalized spacial score (nSPS) is 12.8. The monoisotopic (exact) mass is 399 g/mol. The third-order valence-corrected chi connectivity index (χ3v) is 5.47. The van der Waals surface area contributed by atoms with Gasteiger partial charge in [-0.2, -0.15) is 9.50 Å². The molecule has 0 saturated carbocycles. The molecule has 5 rings (SSSR count). The molecule has 4 aromatic rings. The minimum absolute atomic E-state index is 0.0764. The summed E-state index contributed by atoms with van der Waals surface area (Å²) >= 11 is 0. The number of aryl methyl sites for hydroxylation is 1. The lowest BCUT2D eigenvalue weighted by Gasteiger charge is -2.13. The van der Waals surface area contributed by atoms with E-state index in [0.29, 0.717) is 18.0 Å². The van der Waals surface area contributed by atoms with Crippen LogP contribution in [0.5, 0.6) is 0 Å². The van der Waals surface area contributed by atoms with Crippen LogP contribution in [0.15, 0.2) is 59.4 Å². The molecule has 0 fully saturated rings. The lowest BCUT2D eigenvalue weighted by molar-refractivity contribution is -0.116. The van der Waals surface area contributed by atoms with Crippen LogP contribution in [0.1, 0.15) is 23.2 Å². The van der Waals surface area contributed by atoms with Gasteiger partial charge < -0.3 is 9.88 Å². The Hall–Kier alpha value is -3.74. The van der Waals surface area contributed by atoms with Crippen LogP contribution >= 0.6 is 0 Å². The first-order chi connectivity index (χ1) is 14.6. The number of hydrogen-bond donors (Lipinski definition) is 1. The quantitative estimate of drug-likeness (QED) is 0.572. The maximum absolute atomic E-state index is 13.0. The number of carbonyl (C=O) groups is 1. The first-order valence-electron chi connectivity index (χ1n) is 10.0. The van der Waals surface area contributed by atoms with Crippen LogP contribution in [0.4, 0.5) is 5.69 Å². The maximum atomic E-state index is 13.0. The van der Waals surface area contributed by atoms with Crippen molar-refractivity contribution in [1.29, 1.82) is 0 Å². The summed E-state index contributed by atoms with van der Waals surface area (Å²) in [5.74, 6) is 0.716. The molecule has 150 valence electrons. The van der Waals surface area contributed by atoms with Gasteiger partial charge in [-0.1, -0.05) is 48.0 Å². The van der Waals surface area contributed by atoms with Gasteiger partial charge >= 0.3 is 0 Å². The molecule has 1 amide bonds. The van der Waals surface area contributed by atoms with Crippen molar-refractivity contribution in [2.75, 3.05) is 5.32 Å². The molecular weight excluding hydrogens is 378 g/mol. The molecule has 0 aliphatic heterocycles. The van der Waals surface area contributed by atoms with Gasteiger partial charge in [0.2, 0.25) is 11.7 Å². The topological polar surface area (TPSA) is 81.3 Å². The van der Waals surface area contributed by atoms with Gasteiger partial charge in [-0.25, -0.2) is 0 Å². The molecule has 0 unspecified atom stereocenters. The zero-order chi connectivity index (χ0) is 20.7. The van der Waals surface area contributed by atoms with Crippen molar-refractivity contribution in [2.45, 2.75) is 32.7 Å². The van der Waals surface area contributed by atoms with E-state index in [-0.39, 0.29) is 18.0 Å². The first-order valence-corrected chi connectivity index (χ1v) is 10.0. The third-order valence-electron chi connectivity index (χ3n) is 5.47. The molecule has 0 bridgehead atoms. The van der Waals surface area contributed by atoms with E-state index in [1.165, 1.54) is 4.52 Å². The summed E-state index contributed by atoms with van der Waals surface area (Å²) in [6.07, 6.45) is 2.35. The van der Waals surface area contributed by atoms with Crippen LogP contribution in [0.2, 0.25) is 0 Å². The smallest absolute Gasteiger partial charge is 0.279 e. The second-order valence-corrected chi connectivity index (χ2v) is 7.60. The summed E-state index contributed by atoms with van der Waals surface area (Å²) in [4.78, 5) is 30.4. The lowest BCUT2D eigenvalue weighted by atomic mass is 10.1. The van der Waals surface area contributed by atoms with Crippen molar-refractivity contribution in [3.63, 3.8) is 0 Å². The van der Waals surface area contributed by atoms with Crippen LogP contribution in [-0.4, -0.2) is 25.1 Å². The summed E-state index contributed by atoms with van der Waals surface area (Å²) < 4.78 is 3.18. The van der Waals surface area contributed by atoms with Crippen molar-refractivity contribution in [2.24, 2.45) is 0 Å². The number of benzene rings is 2. The van der Waals surface area contributed by atoms with Gasteiger partial charge in [0, 0.05) is 22.5 Å². The molecule has 0 radical (unpaired) electrons. The van der Waals surface area contributed by atoms with Crippen molar-refractivity contribution in [3.05, 3.63) is 81.8 Å². The van der Waals surface area contributed by atoms with E-state index in [0.717, 1.165) is 40.9 Å². The van der Waals surface area contributed by atoms with Crippen LogP contribution in [0, 0.1) is 6.92 Å². The average molecular weight is 399 g/mol. The number of nitrogens with zero attached hydrogens (tertiary/aromatic N) is 4. The molecule has 1 aliphatic carbocycles. The van der Waals surface area contributed by atoms with Gasteiger partial charge in [-0.3, -0.25) is 9.59 Å². The zero-order valence-electron chi connectivity index (χ0n) is 16.6.